The number of alkyl halides is 2. The van der Waals surface area contributed by atoms with Gasteiger partial charge in [0.1, 0.15) is 11.4 Å². The van der Waals surface area contributed by atoms with E-state index in [4.69, 9.17) is 4.74 Å². The Bertz CT molecular complexity index is 830. The highest BCUT2D eigenvalue weighted by Gasteiger charge is 2.43. The van der Waals surface area contributed by atoms with Crippen LogP contribution in [-0.4, -0.2) is 47.7 Å². The van der Waals surface area contributed by atoms with E-state index in [0.717, 1.165) is 16.2 Å². The van der Waals surface area contributed by atoms with Crippen molar-refractivity contribution in [3.63, 3.8) is 0 Å². The number of halogens is 2. The summed E-state index contributed by atoms with van der Waals surface area (Å²) in [5.74, 6) is -1.69. The molecule has 0 bridgehead atoms. The fourth-order valence-electron chi connectivity index (χ4n) is 1.87. The molecule has 0 saturated carbocycles. The second-order valence-corrected chi connectivity index (χ2v) is 7.62. The average Bonchev–Trinajstić information content (AvgIpc) is 2.84. The molecule has 1 heterocycles. The quantitative estimate of drug-likeness (QED) is 0.865. The Balaban J connectivity index is 2.17. The fraction of sp³-hybridized carbons (Fsp3) is 0.438. The Morgan fingerprint density at radius 2 is 1.88 bits per heavy atom. The van der Waals surface area contributed by atoms with Gasteiger partial charge < -0.3 is 14.4 Å². The van der Waals surface area contributed by atoms with Crippen LogP contribution < -0.4 is 10.1 Å². The Morgan fingerprint density at radius 1 is 1.23 bits per heavy atom. The first kappa shape index (κ1) is 19.8. The third kappa shape index (κ3) is 5.01. The van der Waals surface area contributed by atoms with Crippen LogP contribution >= 0.6 is 11.3 Å². The van der Waals surface area contributed by atoms with Gasteiger partial charge in [0.2, 0.25) is 0 Å². The van der Waals surface area contributed by atoms with Crippen LogP contribution in [0.5, 0.6) is 5.75 Å². The molecule has 1 aromatic carbocycles. The summed E-state index contributed by atoms with van der Waals surface area (Å²) in [5, 5.41) is 2.74. The Kier molecular flexibility index (Phi) is 5.36. The van der Waals surface area contributed by atoms with Crippen molar-refractivity contribution in [3.8, 4) is 5.75 Å². The number of fused-ring (bicyclic) bond motifs is 1. The highest BCUT2D eigenvalue weighted by molar-refractivity contribution is 7.22. The molecule has 0 atom stereocenters. The van der Waals surface area contributed by atoms with E-state index in [9.17, 15) is 18.4 Å². The number of amides is 2. The Hall–Kier alpha value is -2.49. The molecule has 2 rings (SSSR count). The second-order valence-electron chi connectivity index (χ2n) is 6.59. The van der Waals surface area contributed by atoms with E-state index in [1.54, 1.807) is 20.8 Å². The van der Waals surface area contributed by atoms with Crippen molar-refractivity contribution in [2.45, 2.75) is 32.5 Å². The minimum absolute atomic E-state index is 0.216. The third-order valence-corrected chi connectivity index (χ3v) is 3.82. The smallest absolute Gasteiger partial charge is 0.444 e. The van der Waals surface area contributed by atoms with Gasteiger partial charge >= 0.3 is 18.1 Å². The van der Waals surface area contributed by atoms with E-state index >= 15 is 0 Å². The Morgan fingerprint density at radius 3 is 2.46 bits per heavy atom. The van der Waals surface area contributed by atoms with Crippen LogP contribution in [0.1, 0.15) is 20.8 Å². The van der Waals surface area contributed by atoms with E-state index in [-0.39, 0.29) is 10.9 Å². The fourth-order valence-corrected chi connectivity index (χ4v) is 2.70. The standard InChI is InChI=1S/C16H19F2N3O4S/c1-15(2,3)25-14(23)20-13-19-10-8-9(6-7-11(10)26-13)24-16(17,18)12(22)21(4)5/h6-8H,1-5H3,(H,19,20,23). The van der Waals surface area contributed by atoms with Crippen LogP contribution in [0, 0.1) is 0 Å². The zero-order valence-corrected chi connectivity index (χ0v) is 15.7. The lowest BCUT2D eigenvalue weighted by Gasteiger charge is -2.20. The highest BCUT2D eigenvalue weighted by Crippen LogP contribution is 2.31. The van der Waals surface area contributed by atoms with Gasteiger partial charge in [0, 0.05) is 20.2 Å². The zero-order valence-electron chi connectivity index (χ0n) is 14.9. The van der Waals surface area contributed by atoms with Gasteiger partial charge in [-0.15, -0.1) is 0 Å². The van der Waals surface area contributed by atoms with Gasteiger partial charge in [-0.25, -0.2) is 9.78 Å². The zero-order chi connectivity index (χ0) is 19.7. The number of carbonyl (C=O) groups excluding carboxylic acids is 2. The third-order valence-electron chi connectivity index (χ3n) is 2.87. The summed E-state index contributed by atoms with van der Waals surface area (Å²) in [7, 11) is 2.41. The number of nitrogens with zero attached hydrogens (tertiary/aromatic N) is 2. The van der Waals surface area contributed by atoms with E-state index in [2.05, 4.69) is 15.0 Å². The molecule has 1 aromatic heterocycles. The summed E-state index contributed by atoms with van der Waals surface area (Å²) in [5.41, 5.74) is -0.321. The molecule has 10 heteroatoms. The first-order valence-corrected chi connectivity index (χ1v) is 8.38. The van der Waals surface area contributed by atoms with Crippen LogP contribution in [0.3, 0.4) is 0 Å². The topological polar surface area (TPSA) is 80.8 Å². The highest BCUT2D eigenvalue weighted by atomic mass is 32.1. The minimum Gasteiger partial charge on any atom is -0.444 e. The number of carbonyl (C=O) groups is 2. The number of ether oxygens (including phenoxy) is 2. The largest absolute Gasteiger partial charge is 0.482 e. The SMILES string of the molecule is CN(C)C(=O)C(F)(F)Oc1ccc2sc(NC(=O)OC(C)(C)C)nc2c1. The minimum atomic E-state index is -4.00. The van der Waals surface area contributed by atoms with Gasteiger partial charge in [0.25, 0.3) is 0 Å². The first-order chi connectivity index (χ1) is 11.9. The van der Waals surface area contributed by atoms with Crippen molar-refractivity contribution < 1.29 is 27.8 Å². The molecule has 0 aliphatic heterocycles. The molecular formula is C16H19F2N3O4S. The lowest BCUT2D eigenvalue weighted by Crippen LogP contribution is -2.43. The molecule has 0 aliphatic carbocycles. The molecule has 0 unspecified atom stereocenters. The molecule has 2 amide bonds. The maximum Gasteiger partial charge on any atom is 0.482 e. The molecule has 0 aliphatic rings. The number of thiazole rings is 1. The van der Waals surface area contributed by atoms with Crippen molar-refractivity contribution in [2.24, 2.45) is 0 Å². The number of hydrogen-bond donors (Lipinski definition) is 1. The van der Waals surface area contributed by atoms with Gasteiger partial charge in [0.15, 0.2) is 5.13 Å². The number of anilines is 1. The molecule has 142 valence electrons. The van der Waals surface area contributed by atoms with Crippen LogP contribution in [-0.2, 0) is 9.53 Å². The number of rotatable bonds is 4. The predicted molar refractivity (Wildman–Crippen MR) is 93.7 cm³/mol. The summed E-state index contributed by atoms with van der Waals surface area (Å²) >= 11 is 1.15. The molecule has 1 N–H and O–H groups in total. The van der Waals surface area contributed by atoms with Crippen molar-refractivity contribution in [1.82, 2.24) is 9.88 Å². The molecule has 7 nitrogen and oxygen atoms in total. The summed E-state index contributed by atoms with van der Waals surface area (Å²) < 4.78 is 37.9. The number of likely N-dealkylation sites (N-methyl/N-ethyl adjacent to an activating group) is 1. The lowest BCUT2D eigenvalue weighted by atomic mass is 10.2. The average molecular weight is 387 g/mol. The van der Waals surface area contributed by atoms with Crippen LogP contribution in [0.4, 0.5) is 18.7 Å². The summed E-state index contributed by atoms with van der Waals surface area (Å²) in [6, 6.07) is 4.08. The maximum atomic E-state index is 13.8. The number of hydrogen-bond acceptors (Lipinski definition) is 6. The van der Waals surface area contributed by atoms with Crippen LogP contribution in [0.2, 0.25) is 0 Å². The van der Waals surface area contributed by atoms with Gasteiger partial charge in [0.05, 0.1) is 10.2 Å². The van der Waals surface area contributed by atoms with Gasteiger partial charge in [-0.2, -0.15) is 8.78 Å². The van der Waals surface area contributed by atoms with Crippen molar-refractivity contribution in [3.05, 3.63) is 18.2 Å². The van der Waals surface area contributed by atoms with E-state index in [1.807, 2.05) is 0 Å². The monoisotopic (exact) mass is 387 g/mol. The van der Waals surface area contributed by atoms with Gasteiger partial charge in [-0.1, -0.05) is 11.3 Å². The second kappa shape index (κ2) is 7.02. The summed E-state index contributed by atoms with van der Waals surface area (Å²) in [4.78, 5) is 28.1. The van der Waals surface area contributed by atoms with E-state index in [1.165, 1.54) is 32.3 Å². The number of nitrogens with one attached hydrogen (secondary N) is 1. The van der Waals surface area contributed by atoms with E-state index in [0.29, 0.717) is 10.2 Å². The molecular weight excluding hydrogens is 368 g/mol. The number of benzene rings is 1. The summed E-state index contributed by atoms with van der Waals surface area (Å²) in [6.07, 6.45) is -4.67. The van der Waals surface area contributed by atoms with Crippen LogP contribution in [0.15, 0.2) is 18.2 Å². The van der Waals surface area contributed by atoms with Gasteiger partial charge in [-0.05, 0) is 32.9 Å². The Labute approximate surface area is 152 Å². The molecule has 0 radical (unpaired) electrons. The molecule has 0 fully saturated rings. The van der Waals surface area contributed by atoms with E-state index < -0.39 is 23.7 Å². The van der Waals surface area contributed by atoms with Crippen LogP contribution in [0.25, 0.3) is 10.2 Å². The predicted octanol–water partition coefficient (Wildman–Crippen LogP) is 3.70. The van der Waals surface area contributed by atoms with Crippen molar-refractivity contribution in [2.75, 3.05) is 19.4 Å². The van der Waals surface area contributed by atoms with Crippen molar-refractivity contribution in [1.29, 1.82) is 0 Å². The number of aromatic nitrogens is 1. The molecule has 0 saturated heterocycles. The lowest BCUT2D eigenvalue weighted by molar-refractivity contribution is -0.201. The first-order valence-electron chi connectivity index (χ1n) is 7.56. The normalized spacial score (nSPS) is 12.0. The van der Waals surface area contributed by atoms with Crippen molar-refractivity contribution >= 4 is 38.7 Å². The molecule has 26 heavy (non-hydrogen) atoms. The summed E-state index contributed by atoms with van der Waals surface area (Å²) in [6.45, 7) is 5.18. The molecule has 0 spiro atoms. The molecule has 2 aromatic rings. The maximum absolute atomic E-state index is 13.8. The van der Waals surface area contributed by atoms with Gasteiger partial charge in [-0.3, -0.25) is 10.1 Å².